The van der Waals surface area contributed by atoms with E-state index in [0.717, 1.165) is 23.8 Å². The highest BCUT2D eigenvalue weighted by Crippen LogP contribution is 2.26. The Morgan fingerprint density at radius 1 is 1.14 bits per heavy atom. The molecule has 0 bridgehead atoms. The fourth-order valence-corrected chi connectivity index (χ4v) is 2.54. The van der Waals surface area contributed by atoms with Gasteiger partial charge >= 0.3 is 0 Å². The average Bonchev–Trinajstić information content (AvgIpc) is 2.49. The van der Waals surface area contributed by atoms with E-state index >= 15 is 0 Å². The smallest absolute Gasteiger partial charge is 0.160 e. The van der Waals surface area contributed by atoms with Crippen molar-refractivity contribution in [3.8, 4) is 0 Å². The molecule has 0 aromatic heterocycles. The molecule has 1 N–H and O–H groups in total. The van der Waals surface area contributed by atoms with Crippen LogP contribution in [-0.2, 0) is 6.42 Å². The quantitative estimate of drug-likeness (QED) is 0.611. The lowest BCUT2D eigenvalue weighted by atomic mass is 10.1. The summed E-state index contributed by atoms with van der Waals surface area (Å²) in [6.45, 7) is 2.12. The molecule has 0 aliphatic carbocycles. The van der Waals surface area contributed by atoms with E-state index in [0.29, 0.717) is 0 Å². The number of hydrogen-bond acceptors (Lipinski definition) is 3. The standard InChI is InChI=1S/C16H15F2NOS/c1-2-3-11-4-6-12(7-5-11)21-19-15-9-8-14(17)13(10-20)16(15)18/h4-10,19H,2-3H2,1H3. The molecule has 0 aliphatic rings. The van der Waals surface area contributed by atoms with Crippen LogP contribution in [0.5, 0.6) is 0 Å². The highest BCUT2D eigenvalue weighted by molar-refractivity contribution is 8.00. The van der Waals surface area contributed by atoms with Crippen molar-refractivity contribution in [2.24, 2.45) is 0 Å². The molecule has 2 aromatic rings. The number of hydrogen-bond donors (Lipinski definition) is 1. The second kappa shape index (κ2) is 7.22. The van der Waals surface area contributed by atoms with Gasteiger partial charge in [-0.1, -0.05) is 25.5 Å². The second-order valence-corrected chi connectivity index (χ2v) is 5.42. The monoisotopic (exact) mass is 307 g/mol. The molecule has 2 rings (SSSR count). The number of carbonyl (C=O) groups is 1. The van der Waals surface area contributed by atoms with Crippen LogP contribution in [0, 0.1) is 11.6 Å². The summed E-state index contributed by atoms with van der Waals surface area (Å²) >= 11 is 1.21. The minimum absolute atomic E-state index is 0.0844. The van der Waals surface area contributed by atoms with Gasteiger partial charge in [0.25, 0.3) is 0 Å². The van der Waals surface area contributed by atoms with Crippen LogP contribution in [0.25, 0.3) is 0 Å². The highest BCUT2D eigenvalue weighted by Gasteiger charge is 2.12. The van der Waals surface area contributed by atoms with E-state index < -0.39 is 17.2 Å². The zero-order valence-corrected chi connectivity index (χ0v) is 12.3. The van der Waals surface area contributed by atoms with E-state index in [4.69, 9.17) is 0 Å². The van der Waals surface area contributed by atoms with Crippen LogP contribution in [0.2, 0.25) is 0 Å². The number of carbonyl (C=O) groups excluding carboxylic acids is 1. The lowest BCUT2D eigenvalue weighted by molar-refractivity contribution is 0.111. The molecule has 2 nitrogen and oxygen atoms in total. The minimum Gasteiger partial charge on any atom is -0.323 e. The predicted octanol–water partition coefficient (Wildman–Crippen LogP) is 4.85. The first-order valence-corrected chi connectivity index (χ1v) is 7.42. The van der Waals surface area contributed by atoms with Gasteiger partial charge in [-0.25, -0.2) is 8.78 Å². The molecule has 0 amide bonds. The van der Waals surface area contributed by atoms with E-state index in [2.05, 4.69) is 11.6 Å². The van der Waals surface area contributed by atoms with Crippen LogP contribution < -0.4 is 4.72 Å². The Morgan fingerprint density at radius 3 is 2.48 bits per heavy atom. The number of nitrogens with one attached hydrogen (secondary N) is 1. The van der Waals surface area contributed by atoms with Crippen LogP contribution in [0.3, 0.4) is 0 Å². The summed E-state index contributed by atoms with van der Waals surface area (Å²) in [4.78, 5) is 11.6. The summed E-state index contributed by atoms with van der Waals surface area (Å²) < 4.78 is 29.9. The molecule has 0 aliphatic heterocycles. The van der Waals surface area contributed by atoms with Crippen molar-refractivity contribution in [2.45, 2.75) is 24.7 Å². The van der Waals surface area contributed by atoms with Crippen molar-refractivity contribution in [1.29, 1.82) is 0 Å². The molecule has 0 atom stereocenters. The summed E-state index contributed by atoms with van der Waals surface area (Å²) in [5.41, 5.74) is 0.776. The first-order valence-electron chi connectivity index (χ1n) is 6.60. The summed E-state index contributed by atoms with van der Waals surface area (Å²) in [7, 11) is 0. The highest BCUT2D eigenvalue weighted by atomic mass is 32.2. The van der Waals surface area contributed by atoms with Crippen molar-refractivity contribution < 1.29 is 13.6 Å². The Balaban J connectivity index is 2.07. The first kappa shape index (κ1) is 15.5. The van der Waals surface area contributed by atoms with E-state index in [9.17, 15) is 13.6 Å². The summed E-state index contributed by atoms with van der Waals surface area (Å²) in [6.07, 6.45) is 2.29. The molecule has 0 spiro atoms. The number of benzene rings is 2. The Hall–Kier alpha value is -1.88. The van der Waals surface area contributed by atoms with Crippen molar-refractivity contribution in [2.75, 3.05) is 4.72 Å². The van der Waals surface area contributed by atoms with Gasteiger partial charge in [0, 0.05) is 4.90 Å². The van der Waals surface area contributed by atoms with Gasteiger partial charge < -0.3 is 4.72 Å². The van der Waals surface area contributed by atoms with Crippen molar-refractivity contribution >= 4 is 23.9 Å². The number of aldehydes is 1. The number of anilines is 1. The average molecular weight is 307 g/mol. The van der Waals surface area contributed by atoms with Crippen LogP contribution >= 0.6 is 11.9 Å². The Morgan fingerprint density at radius 2 is 1.86 bits per heavy atom. The number of aryl methyl sites for hydroxylation is 1. The van der Waals surface area contributed by atoms with Crippen LogP contribution in [0.4, 0.5) is 14.5 Å². The molecule has 0 unspecified atom stereocenters. The van der Waals surface area contributed by atoms with E-state index in [1.807, 2.05) is 24.3 Å². The van der Waals surface area contributed by atoms with Crippen LogP contribution in [0.15, 0.2) is 41.3 Å². The molecular weight excluding hydrogens is 292 g/mol. The molecular formula is C16H15F2NOS. The van der Waals surface area contributed by atoms with Crippen LogP contribution in [-0.4, -0.2) is 6.29 Å². The van der Waals surface area contributed by atoms with Crippen molar-refractivity contribution in [3.05, 3.63) is 59.2 Å². The molecule has 21 heavy (non-hydrogen) atoms. The Bertz CT molecular complexity index is 629. The van der Waals surface area contributed by atoms with Crippen molar-refractivity contribution in [3.63, 3.8) is 0 Å². The molecule has 0 radical (unpaired) electrons. The third-order valence-corrected chi connectivity index (χ3v) is 3.82. The second-order valence-electron chi connectivity index (χ2n) is 4.54. The topological polar surface area (TPSA) is 29.1 Å². The minimum atomic E-state index is -0.875. The zero-order valence-electron chi connectivity index (χ0n) is 11.5. The van der Waals surface area contributed by atoms with Gasteiger partial charge in [-0.05, 0) is 48.2 Å². The maximum Gasteiger partial charge on any atom is 0.160 e. The largest absolute Gasteiger partial charge is 0.323 e. The SMILES string of the molecule is CCCc1ccc(SNc2ccc(F)c(C=O)c2F)cc1. The van der Waals surface area contributed by atoms with Gasteiger partial charge in [-0.3, -0.25) is 4.79 Å². The Kier molecular flexibility index (Phi) is 5.33. The van der Waals surface area contributed by atoms with E-state index in [1.54, 1.807) is 0 Å². The Labute approximate surface area is 126 Å². The van der Waals surface area contributed by atoms with Gasteiger partial charge in [-0.2, -0.15) is 0 Å². The summed E-state index contributed by atoms with van der Waals surface area (Å²) in [6, 6.07) is 10.3. The maximum absolute atomic E-state index is 13.9. The zero-order chi connectivity index (χ0) is 15.2. The maximum atomic E-state index is 13.9. The fourth-order valence-electron chi connectivity index (χ4n) is 1.88. The first-order chi connectivity index (χ1) is 10.2. The predicted molar refractivity (Wildman–Crippen MR) is 81.7 cm³/mol. The van der Waals surface area contributed by atoms with Gasteiger partial charge in [0.05, 0.1) is 11.3 Å². The molecule has 0 heterocycles. The molecule has 110 valence electrons. The van der Waals surface area contributed by atoms with Crippen LogP contribution in [0.1, 0.15) is 29.3 Å². The fraction of sp³-hybridized carbons (Fsp3) is 0.188. The number of halogens is 2. The third kappa shape index (κ3) is 3.82. The summed E-state index contributed by atoms with van der Waals surface area (Å²) in [5.74, 6) is -1.73. The normalized spacial score (nSPS) is 10.4. The molecule has 0 saturated carbocycles. The van der Waals surface area contributed by atoms with Gasteiger partial charge in [0.15, 0.2) is 12.1 Å². The summed E-state index contributed by atoms with van der Waals surface area (Å²) in [5, 5.41) is 0. The molecule has 5 heteroatoms. The van der Waals surface area contributed by atoms with Gasteiger partial charge in [-0.15, -0.1) is 0 Å². The van der Waals surface area contributed by atoms with Gasteiger partial charge in [0.1, 0.15) is 5.82 Å². The molecule has 2 aromatic carbocycles. The van der Waals surface area contributed by atoms with Gasteiger partial charge in [0.2, 0.25) is 0 Å². The molecule has 0 saturated heterocycles. The third-order valence-electron chi connectivity index (χ3n) is 2.99. The van der Waals surface area contributed by atoms with E-state index in [-0.39, 0.29) is 12.0 Å². The lowest BCUT2D eigenvalue weighted by Crippen LogP contribution is -1.99. The molecule has 0 fully saturated rings. The number of rotatable bonds is 6. The van der Waals surface area contributed by atoms with Crippen molar-refractivity contribution in [1.82, 2.24) is 0 Å². The van der Waals surface area contributed by atoms with E-state index in [1.165, 1.54) is 23.6 Å². The lowest BCUT2D eigenvalue weighted by Gasteiger charge is -2.09.